The minimum atomic E-state index is -2.72. The lowest BCUT2D eigenvalue weighted by molar-refractivity contribution is -0.0228. The molecule has 0 saturated carbocycles. The third kappa shape index (κ3) is 8.03. The van der Waals surface area contributed by atoms with E-state index in [4.69, 9.17) is 18.7 Å². The molecule has 0 radical (unpaired) electrons. The van der Waals surface area contributed by atoms with Gasteiger partial charge < -0.3 is 28.5 Å². The Hall–Kier alpha value is -5.16. The van der Waals surface area contributed by atoms with E-state index in [1.807, 2.05) is 0 Å². The largest absolute Gasteiger partial charge is 0.474 e. The SMILES string of the molecule is CCOC(=O)c1nc(-c2cnc(N3CCC(F)(F)CC3)c(F)c2)co1.O=C(O)c1nc(-c2cnc(N3CCC(F)(F)CC3)c(F)c2)co1. The second-order valence-electron chi connectivity index (χ2n) is 10.8. The molecule has 0 spiro atoms. The first-order valence-electron chi connectivity index (χ1n) is 14.6. The molecule has 2 aliphatic heterocycles. The van der Waals surface area contributed by atoms with Gasteiger partial charge in [-0.1, -0.05) is 0 Å². The molecule has 0 bridgehead atoms. The summed E-state index contributed by atoms with van der Waals surface area (Å²) in [5.74, 6) is -9.56. The van der Waals surface area contributed by atoms with Crippen LogP contribution in [-0.2, 0) is 4.74 Å². The molecule has 6 heterocycles. The highest BCUT2D eigenvalue weighted by atomic mass is 19.3. The quantitative estimate of drug-likeness (QED) is 0.177. The monoisotopic (exact) mass is 682 g/mol. The number of carboxylic acids is 1. The summed E-state index contributed by atoms with van der Waals surface area (Å²) < 4.78 is 95.8. The van der Waals surface area contributed by atoms with Gasteiger partial charge in [-0.3, -0.25) is 0 Å². The number of halogens is 6. The third-order valence-corrected chi connectivity index (χ3v) is 7.47. The van der Waals surface area contributed by atoms with Crippen LogP contribution >= 0.6 is 0 Å². The van der Waals surface area contributed by atoms with Gasteiger partial charge in [-0.2, -0.15) is 0 Å². The Bertz CT molecular complexity index is 1760. The molecule has 2 fully saturated rings. The number of esters is 1. The fraction of sp³-hybridized carbons (Fsp3) is 0.400. The van der Waals surface area contributed by atoms with Crippen LogP contribution < -0.4 is 9.80 Å². The van der Waals surface area contributed by atoms with Gasteiger partial charge >= 0.3 is 23.7 Å². The maximum absolute atomic E-state index is 14.4. The highest BCUT2D eigenvalue weighted by Crippen LogP contribution is 2.33. The Morgan fingerprint density at radius 1 is 0.792 bits per heavy atom. The van der Waals surface area contributed by atoms with Crippen LogP contribution in [0.25, 0.3) is 22.5 Å². The molecule has 256 valence electrons. The molecule has 18 heteroatoms. The molecule has 2 aliphatic rings. The zero-order valence-corrected chi connectivity index (χ0v) is 25.3. The number of alkyl halides is 4. The maximum atomic E-state index is 14.4. The Labute approximate surface area is 268 Å². The standard InChI is InChI=1S/C16H16F3N3O3.C14H12F3N3O3/c1-2-24-15(23)14-21-12(9-25-14)10-7-11(17)13(20-8-10)22-5-3-16(18,19)4-6-22;15-9-5-8(10-7-23-12(19-10)13(21)22)6-18-11(9)20-3-1-14(16,17)2-4-20/h7-9H,2-6H2,1H3;5-7H,1-4H2,(H,21,22). The first-order chi connectivity index (χ1) is 22.7. The van der Waals surface area contributed by atoms with Gasteiger partial charge in [0.25, 0.3) is 11.8 Å². The summed E-state index contributed by atoms with van der Waals surface area (Å²) in [6.07, 6.45) is 3.59. The number of pyridine rings is 2. The number of carbonyl (C=O) groups excluding carboxylic acids is 1. The number of hydrogen-bond donors (Lipinski definition) is 1. The van der Waals surface area contributed by atoms with Crippen molar-refractivity contribution in [2.75, 3.05) is 42.6 Å². The van der Waals surface area contributed by atoms with E-state index in [2.05, 4.69) is 19.9 Å². The second-order valence-corrected chi connectivity index (χ2v) is 10.8. The number of nitrogens with zero attached hydrogens (tertiary/aromatic N) is 6. The molecule has 0 unspecified atom stereocenters. The van der Waals surface area contributed by atoms with E-state index < -0.39 is 41.3 Å². The summed E-state index contributed by atoms with van der Waals surface area (Å²) in [4.78, 5) is 40.8. The van der Waals surface area contributed by atoms with E-state index in [9.17, 15) is 35.9 Å². The molecule has 0 aromatic carbocycles. The Morgan fingerprint density at radius 2 is 1.21 bits per heavy atom. The van der Waals surface area contributed by atoms with E-state index in [0.29, 0.717) is 5.56 Å². The number of hydrogen-bond acceptors (Lipinski definition) is 11. The van der Waals surface area contributed by atoms with Crippen molar-refractivity contribution in [3.8, 4) is 22.5 Å². The highest BCUT2D eigenvalue weighted by Gasteiger charge is 2.36. The van der Waals surface area contributed by atoms with Gasteiger partial charge in [0.1, 0.15) is 23.9 Å². The van der Waals surface area contributed by atoms with Crippen LogP contribution in [0.1, 0.15) is 54.0 Å². The van der Waals surface area contributed by atoms with Crippen LogP contribution in [0.5, 0.6) is 0 Å². The fourth-order valence-electron chi connectivity index (χ4n) is 4.90. The highest BCUT2D eigenvalue weighted by molar-refractivity contribution is 5.85. The first-order valence-corrected chi connectivity index (χ1v) is 14.6. The zero-order chi connectivity index (χ0) is 34.6. The lowest BCUT2D eigenvalue weighted by atomic mass is 10.1. The molecular weight excluding hydrogens is 654 g/mol. The number of carboxylic acid groups (broad SMARTS) is 1. The number of aromatic carboxylic acids is 1. The molecule has 2 saturated heterocycles. The van der Waals surface area contributed by atoms with Gasteiger partial charge in [-0.15, -0.1) is 0 Å². The molecule has 4 aromatic rings. The first kappa shape index (κ1) is 34.2. The minimum absolute atomic E-state index is 0.00815. The Kier molecular flexibility index (Phi) is 9.90. The Morgan fingerprint density at radius 3 is 1.58 bits per heavy atom. The van der Waals surface area contributed by atoms with Gasteiger partial charge in [0, 0.05) is 75.4 Å². The average Bonchev–Trinajstić information content (AvgIpc) is 3.74. The number of ether oxygens (including phenoxy) is 1. The summed E-state index contributed by atoms with van der Waals surface area (Å²) in [5.41, 5.74) is 0.907. The van der Waals surface area contributed by atoms with Crippen molar-refractivity contribution in [3.05, 3.63) is 60.5 Å². The fourth-order valence-corrected chi connectivity index (χ4v) is 4.90. The maximum Gasteiger partial charge on any atom is 0.394 e. The summed E-state index contributed by atoms with van der Waals surface area (Å²) in [5, 5.41) is 8.74. The number of oxazole rings is 2. The molecule has 4 aromatic heterocycles. The van der Waals surface area contributed by atoms with Crippen LogP contribution in [0.15, 0.2) is 45.9 Å². The number of aromatic nitrogens is 4. The van der Waals surface area contributed by atoms with Gasteiger partial charge in [0.15, 0.2) is 23.3 Å². The predicted octanol–water partition coefficient (Wildman–Crippen LogP) is 6.10. The van der Waals surface area contributed by atoms with Crippen molar-refractivity contribution in [1.29, 1.82) is 0 Å². The van der Waals surface area contributed by atoms with Crippen molar-refractivity contribution < 1.29 is 54.6 Å². The van der Waals surface area contributed by atoms with Crippen LogP contribution in [0, 0.1) is 11.6 Å². The predicted molar refractivity (Wildman–Crippen MR) is 155 cm³/mol. The summed E-state index contributed by atoms with van der Waals surface area (Å²) in [6.45, 7) is 1.93. The van der Waals surface area contributed by atoms with E-state index in [1.54, 1.807) is 6.92 Å². The van der Waals surface area contributed by atoms with Gasteiger partial charge in [0.2, 0.25) is 0 Å². The third-order valence-electron chi connectivity index (χ3n) is 7.47. The number of carbonyl (C=O) groups is 2. The van der Waals surface area contributed by atoms with Gasteiger partial charge in [0.05, 0.1) is 6.61 Å². The van der Waals surface area contributed by atoms with E-state index in [0.717, 1.165) is 12.3 Å². The molecule has 0 aliphatic carbocycles. The normalized spacial score (nSPS) is 17.0. The molecule has 6 rings (SSSR count). The van der Waals surface area contributed by atoms with Crippen LogP contribution in [0.2, 0.25) is 0 Å². The molecule has 0 atom stereocenters. The van der Waals surface area contributed by atoms with Crippen molar-refractivity contribution >= 4 is 23.6 Å². The lowest BCUT2D eigenvalue weighted by Gasteiger charge is -2.32. The number of rotatable bonds is 7. The van der Waals surface area contributed by atoms with Gasteiger partial charge in [-0.05, 0) is 19.1 Å². The lowest BCUT2D eigenvalue weighted by Crippen LogP contribution is -2.40. The van der Waals surface area contributed by atoms with Crippen molar-refractivity contribution in [1.82, 2.24) is 19.9 Å². The summed E-state index contributed by atoms with van der Waals surface area (Å²) >= 11 is 0. The van der Waals surface area contributed by atoms with Crippen LogP contribution in [0.3, 0.4) is 0 Å². The van der Waals surface area contributed by atoms with E-state index in [-0.39, 0.29) is 92.9 Å². The molecular formula is C30H28F6N6O6. The Balaban J connectivity index is 0.000000188. The van der Waals surface area contributed by atoms with Crippen molar-refractivity contribution in [3.63, 3.8) is 0 Å². The molecule has 0 amide bonds. The van der Waals surface area contributed by atoms with Crippen molar-refractivity contribution in [2.24, 2.45) is 0 Å². The van der Waals surface area contributed by atoms with E-state index in [1.165, 1.54) is 34.5 Å². The number of piperidine rings is 2. The average molecular weight is 683 g/mol. The topological polar surface area (TPSA) is 148 Å². The van der Waals surface area contributed by atoms with Crippen LogP contribution in [0.4, 0.5) is 38.0 Å². The van der Waals surface area contributed by atoms with Crippen molar-refractivity contribution in [2.45, 2.75) is 44.5 Å². The van der Waals surface area contributed by atoms with E-state index >= 15 is 0 Å². The molecule has 12 nitrogen and oxygen atoms in total. The van der Waals surface area contributed by atoms with Crippen LogP contribution in [-0.4, -0.2) is 81.6 Å². The second kappa shape index (κ2) is 13.9. The number of anilines is 2. The smallest absolute Gasteiger partial charge is 0.394 e. The summed E-state index contributed by atoms with van der Waals surface area (Å²) in [7, 11) is 0. The summed E-state index contributed by atoms with van der Waals surface area (Å²) in [6, 6.07) is 2.31. The minimum Gasteiger partial charge on any atom is -0.474 e. The zero-order valence-electron chi connectivity index (χ0n) is 25.3. The van der Waals surface area contributed by atoms with Gasteiger partial charge in [-0.25, -0.2) is 55.9 Å². The molecule has 48 heavy (non-hydrogen) atoms. The molecule has 1 N–H and O–H groups in total.